The Balaban J connectivity index is 1.21. The number of fused-ring (bicyclic) bond motifs is 1. The van der Waals surface area contributed by atoms with Crippen LogP contribution in [0.1, 0.15) is 42.0 Å². The molecule has 6 nitrogen and oxygen atoms in total. The van der Waals surface area contributed by atoms with Crippen molar-refractivity contribution in [2.24, 2.45) is 5.92 Å². The molecule has 0 amide bonds. The first kappa shape index (κ1) is 23.5. The number of hydrogen-bond acceptors (Lipinski definition) is 5. The Hall–Kier alpha value is -3.91. The third kappa shape index (κ3) is 4.31. The van der Waals surface area contributed by atoms with Crippen LogP contribution in [0.3, 0.4) is 0 Å². The van der Waals surface area contributed by atoms with Gasteiger partial charge in [-0.05, 0) is 79.1 Å². The van der Waals surface area contributed by atoms with Crippen LogP contribution in [0.4, 0.5) is 8.78 Å². The lowest BCUT2D eigenvalue weighted by Gasteiger charge is -2.35. The van der Waals surface area contributed by atoms with Crippen molar-refractivity contribution < 1.29 is 23.2 Å². The molecular weight excluding hydrogens is 476 g/mol. The number of carboxylic acid groups (broad SMARTS) is 1. The van der Waals surface area contributed by atoms with E-state index in [0.29, 0.717) is 35.4 Å². The minimum atomic E-state index is -0.718. The molecule has 0 radical (unpaired) electrons. The molecule has 1 fully saturated rings. The Morgan fingerprint density at radius 2 is 1.84 bits per heavy atom. The summed E-state index contributed by atoms with van der Waals surface area (Å²) in [6.07, 6.45) is 3.18. The van der Waals surface area contributed by atoms with Crippen LogP contribution in [0.15, 0.2) is 59.1 Å². The van der Waals surface area contributed by atoms with Crippen molar-refractivity contribution >= 4 is 5.97 Å². The Kier molecular flexibility index (Phi) is 5.83. The van der Waals surface area contributed by atoms with Gasteiger partial charge in [0.1, 0.15) is 11.6 Å². The van der Waals surface area contributed by atoms with Gasteiger partial charge in [0.25, 0.3) is 5.89 Å². The van der Waals surface area contributed by atoms with Crippen molar-refractivity contribution in [3.63, 3.8) is 0 Å². The molecule has 1 unspecified atom stereocenters. The van der Waals surface area contributed by atoms with E-state index in [4.69, 9.17) is 9.63 Å². The molecule has 1 atom stereocenters. The standard InChI is InChI=1S/C29H25F2N3O3/c1-15-10-23(25(31)14-22(15)21-4-2-3-5-24(21)30)28-33-27(34-37-28)17-6-8-20-16(11-17)7-9-26(20)32-19-12-18(13-19)29(35)36/h2-6,8,10-11,14,18-19,26,32H,7,9,12-13H2,1H3,(H,35,36)/t18-,19-,26?. The van der Waals surface area contributed by atoms with E-state index in [1.165, 1.54) is 23.3 Å². The molecule has 2 aliphatic carbocycles. The molecule has 2 aliphatic rings. The molecule has 37 heavy (non-hydrogen) atoms. The molecule has 4 aromatic rings. The second-order valence-electron chi connectivity index (χ2n) is 9.92. The molecule has 0 bridgehead atoms. The number of aliphatic carboxylic acids is 1. The fourth-order valence-electron chi connectivity index (χ4n) is 5.44. The summed E-state index contributed by atoms with van der Waals surface area (Å²) in [6.45, 7) is 1.79. The zero-order chi connectivity index (χ0) is 25.7. The van der Waals surface area contributed by atoms with Gasteiger partial charge in [-0.25, -0.2) is 8.78 Å². The molecule has 0 aliphatic heterocycles. The van der Waals surface area contributed by atoms with Crippen molar-refractivity contribution in [1.82, 2.24) is 15.5 Å². The number of benzene rings is 3. The van der Waals surface area contributed by atoms with Crippen molar-refractivity contribution in [2.45, 2.75) is 44.7 Å². The summed E-state index contributed by atoms with van der Waals surface area (Å²) in [7, 11) is 0. The summed E-state index contributed by atoms with van der Waals surface area (Å²) in [5.74, 6) is -1.50. The van der Waals surface area contributed by atoms with Gasteiger partial charge in [0.15, 0.2) is 0 Å². The van der Waals surface area contributed by atoms with E-state index in [1.54, 1.807) is 31.2 Å². The predicted octanol–water partition coefficient (Wildman–Crippen LogP) is 6.10. The van der Waals surface area contributed by atoms with Gasteiger partial charge in [-0.2, -0.15) is 4.98 Å². The second kappa shape index (κ2) is 9.19. The quantitative estimate of drug-likeness (QED) is 0.332. The summed E-state index contributed by atoms with van der Waals surface area (Å²) >= 11 is 0. The van der Waals surface area contributed by atoms with Crippen LogP contribution >= 0.6 is 0 Å². The van der Waals surface area contributed by atoms with Crippen LogP contribution in [0, 0.1) is 24.5 Å². The molecule has 6 rings (SSSR count). The molecule has 1 heterocycles. The number of carboxylic acids is 1. The number of halogens is 2. The van der Waals surface area contributed by atoms with Crippen molar-refractivity contribution in [2.75, 3.05) is 0 Å². The van der Waals surface area contributed by atoms with Crippen LogP contribution in [0.25, 0.3) is 34.0 Å². The summed E-state index contributed by atoms with van der Waals surface area (Å²) in [5, 5.41) is 16.8. The number of carbonyl (C=O) groups is 1. The van der Waals surface area contributed by atoms with Crippen molar-refractivity contribution in [3.05, 3.63) is 82.9 Å². The topological polar surface area (TPSA) is 88.2 Å². The highest BCUT2D eigenvalue weighted by atomic mass is 19.1. The lowest BCUT2D eigenvalue weighted by Crippen LogP contribution is -2.45. The smallest absolute Gasteiger partial charge is 0.306 e. The van der Waals surface area contributed by atoms with Crippen LogP contribution in [-0.2, 0) is 11.2 Å². The normalized spacial score (nSPS) is 20.5. The molecule has 1 saturated carbocycles. The van der Waals surface area contributed by atoms with E-state index >= 15 is 4.39 Å². The Bertz CT molecular complexity index is 1510. The van der Waals surface area contributed by atoms with Crippen molar-refractivity contribution in [1.29, 1.82) is 0 Å². The van der Waals surface area contributed by atoms with Gasteiger partial charge in [-0.3, -0.25) is 4.79 Å². The third-order valence-electron chi connectivity index (χ3n) is 7.54. The zero-order valence-electron chi connectivity index (χ0n) is 20.2. The van der Waals surface area contributed by atoms with Gasteiger partial charge in [0.2, 0.25) is 5.82 Å². The maximum absolute atomic E-state index is 15.1. The highest BCUT2D eigenvalue weighted by Gasteiger charge is 2.36. The highest BCUT2D eigenvalue weighted by molar-refractivity contribution is 5.73. The first-order chi connectivity index (χ1) is 17.9. The molecule has 0 saturated heterocycles. The number of aromatic nitrogens is 2. The van der Waals surface area contributed by atoms with Gasteiger partial charge in [-0.15, -0.1) is 0 Å². The summed E-state index contributed by atoms with van der Waals surface area (Å²) in [6, 6.07) is 15.6. The maximum atomic E-state index is 15.1. The largest absolute Gasteiger partial charge is 0.481 e. The van der Waals surface area contributed by atoms with E-state index in [0.717, 1.165) is 18.4 Å². The van der Waals surface area contributed by atoms with Crippen LogP contribution in [-0.4, -0.2) is 27.3 Å². The minimum absolute atomic E-state index is 0.0636. The maximum Gasteiger partial charge on any atom is 0.306 e. The highest BCUT2D eigenvalue weighted by Crippen LogP contribution is 2.38. The second-order valence-corrected chi connectivity index (χ2v) is 9.92. The number of nitrogens with zero attached hydrogens (tertiary/aromatic N) is 2. The van der Waals surface area contributed by atoms with E-state index < -0.39 is 17.6 Å². The van der Waals surface area contributed by atoms with E-state index in [2.05, 4.69) is 15.5 Å². The van der Waals surface area contributed by atoms with Crippen LogP contribution < -0.4 is 5.32 Å². The van der Waals surface area contributed by atoms with Gasteiger partial charge < -0.3 is 14.9 Å². The van der Waals surface area contributed by atoms with Crippen molar-refractivity contribution in [3.8, 4) is 34.0 Å². The lowest BCUT2D eigenvalue weighted by atomic mass is 9.80. The van der Waals surface area contributed by atoms with Gasteiger partial charge in [0.05, 0.1) is 11.5 Å². The summed E-state index contributed by atoms with van der Waals surface area (Å²) < 4.78 is 34.8. The van der Waals surface area contributed by atoms with Gasteiger partial charge in [0, 0.05) is 23.2 Å². The molecule has 0 spiro atoms. The first-order valence-corrected chi connectivity index (χ1v) is 12.4. The van der Waals surface area contributed by atoms with Crippen LogP contribution in [0.2, 0.25) is 0 Å². The summed E-state index contributed by atoms with van der Waals surface area (Å²) in [5.41, 5.74) is 4.84. The average molecular weight is 502 g/mol. The molecule has 2 N–H and O–H groups in total. The Morgan fingerprint density at radius 1 is 1.03 bits per heavy atom. The fraction of sp³-hybridized carbons (Fsp3) is 0.276. The SMILES string of the molecule is Cc1cc(-c2nc(-c3ccc4c(c3)CCC4N[C@H]3C[C@H](C(=O)O)C3)no2)c(F)cc1-c1ccccc1F. The van der Waals surface area contributed by atoms with E-state index in [1.807, 2.05) is 18.2 Å². The monoisotopic (exact) mass is 501 g/mol. The Morgan fingerprint density at radius 3 is 2.62 bits per heavy atom. The van der Waals surface area contributed by atoms with Gasteiger partial charge >= 0.3 is 5.97 Å². The predicted molar refractivity (Wildman–Crippen MR) is 134 cm³/mol. The average Bonchev–Trinajstić information content (AvgIpc) is 3.49. The molecular formula is C29H25F2N3O3. The number of rotatable bonds is 6. The number of hydrogen-bond donors (Lipinski definition) is 2. The van der Waals surface area contributed by atoms with E-state index in [9.17, 15) is 9.18 Å². The molecule has 188 valence electrons. The molecule has 1 aromatic heterocycles. The van der Waals surface area contributed by atoms with E-state index in [-0.39, 0.29) is 29.5 Å². The summed E-state index contributed by atoms with van der Waals surface area (Å²) in [4.78, 5) is 15.5. The first-order valence-electron chi connectivity index (χ1n) is 12.4. The Labute approximate surface area is 212 Å². The fourth-order valence-corrected chi connectivity index (χ4v) is 5.44. The zero-order valence-corrected chi connectivity index (χ0v) is 20.2. The number of nitrogens with one attached hydrogen (secondary N) is 1. The van der Waals surface area contributed by atoms with Crippen LogP contribution in [0.5, 0.6) is 0 Å². The third-order valence-corrected chi connectivity index (χ3v) is 7.54. The number of aryl methyl sites for hydroxylation is 2. The minimum Gasteiger partial charge on any atom is -0.481 e. The molecule has 3 aromatic carbocycles. The molecule has 8 heteroatoms. The van der Waals surface area contributed by atoms with Gasteiger partial charge in [-0.1, -0.05) is 35.5 Å². The lowest BCUT2D eigenvalue weighted by molar-refractivity contribution is -0.145.